The predicted octanol–water partition coefficient (Wildman–Crippen LogP) is 4.20. The Morgan fingerprint density at radius 2 is 1.37 bits per heavy atom. The molecule has 0 spiro atoms. The minimum Gasteiger partial charge on any atom is -0.454 e. The molecule has 0 aliphatic carbocycles. The maximum atomic E-state index is 12.3. The van der Waals surface area contributed by atoms with Crippen molar-refractivity contribution >= 4 is 34.9 Å². The quantitative estimate of drug-likeness (QED) is 0.347. The van der Waals surface area contributed by atoms with Crippen LogP contribution in [0.1, 0.15) is 60.2 Å². The zero-order chi connectivity index (χ0) is 21.9. The van der Waals surface area contributed by atoms with Crippen LogP contribution >= 0.6 is 0 Å². The van der Waals surface area contributed by atoms with Gasteiger partial charge in [-0.25, -0.2) is 4.79 Å². The Morgan fingerprint density at radius 1 is 0.800 bits per heavy atom. The number of ketones is 1. The summed E-state index contributed by atoms with van der Waals surface area (Å²) in [6, 6.07) is 12.6. The van der Waals surface area contributed by atoms with Crippen LogP contribution in [0.4, 0.5) is 11.4 Å². The smallest absolute Gasteiger partial charge is 0.338 e. The van der Waals surface area contributed by atoms with Crippen LogP contribution < -0.4 is 10.6 Å². The number of amides is 2. The monoisotopic (exact) mass is 410 g/mol. The fourth-order valence-corrected chi connectivity index (χ4v) is 2.69. The molecule has 7 heteroatoms. The predicted molar refractivity (Wildman–Crippen MR) is 115 cm³/mol. The second-order valence-electron chi connectivity index (χ2n) is 6.84. The second-order valence-corrected chi connectivity index (χ2v) is 6.84. The van der Waals surface area contributed by atoms with Crippen molar-refractivity contribution < 1.29 is 23.9 Å². The largest absolute Gasteiger partial charge is 0.454 e. The first-order chi connectivity index (χ1) is 14.4. The van der Waals surface area contributed by atoms with Crippen molar-refractivity contribution in [3.8, 4) is 0 Å². The van der Waals surface area contributed by atoms with Gasteiger partial charge in [0.25, 0.3) is 0 Å². The van der Waals surface area contributed by atoms with Crippen LogP contribution in [0, 0.1) is 0 Å². The standard InChI is InChI=1S/C23H26N2O5/c1-3-4-5-6-22(28)25-20-11-7-17(8-12-20)21(27)15-30-23(29)18-9-13-19(14-10-18)24-16(2)26/h7-14H,3-6,15H2,1-2H3,(H,24,26)(H,25,28). The number of unbranched alkanes of at least 4 members (excludes halogenated alkanes) is 2. The highest BCUT2D eigenvalue weighted by molar-refractivity contribution is 6.00. The summed E-state index contributed by atoms with van der Waals surface area (Å²) in [7, 11) is 0. The number of rotatable bonds is 10. The number of anilines is 2. The normalized spacial score (nSPS) is 10.2. The average molecular weight is 410 g/mol. The van der Waals surface area contributed by atoms with E-state index >= 15 is 0 Å². The summed E-state index contributed by atoms with van der Waals surface area (Å²) in [5.41, 5.74) is 1.84. The van der Waals surface area contributed by atoms with Gasteiger partial charge in [0.05, 0.1) is 5.56 Å². The van der Waals surface area contributed by atoms with Gasteiger partial charge in [-0.15, -0.1) is 0 Å². The zero-order valence-electron chi connectivity index (χ0n) is 17.2. The highest BCUT2D eigenvalue weighted by Gasteiger charge is 2.12. The molecule has 2 aromatic rings. The Balaban J connectivity index is 1.83. The second kappa shape index (κ2) is 11.5. The van der Waals surface area contributed by atoms with E-state index in [9.17, 15) is 19.2 Å². The van der Waals surface area contributed by atoms with Gasteiger partial charge in [0.1, 0.15) is 0 Å². The molecule has 2 aromatic carbocycles. The third-order valence-corrected chi connectivity index (χ3v) is 4.27. The summed E-state index contributed by atoms with van der Waals surface area (Å²) >= 11 is 0. The molecule has 0 atom stereocenters. The lowest BCUT2D eigenvalue weighted by atomic mass is 10.1. The lowest BCUT2D eigenvalue weighted by Crippen LogP contribution is -2.15. The molecule has 0 fully saturated rings. The third-order valence-electron chi connectivity index (χ3n) is 4.27. The number of Topliss-reactive ketones (excluding diaryl/α,β-unsaturated/α-hetero) is 1. The van der Waals surface area contributed by atoms with Crippen LogP contribution in [-0.2, 0) is 14.3 Å². The lowest BCUT2D eigenvalue weighted by Gasteiger charge is -2.08. The van der Waals surface area contributed by atoms with E-state index in [1.807, 2.05) is 0 Å². The minimum atomic E-state index is -0.631. The number of carbonyl (C=O) groups excluding carboxylic acids is 4. The summed E-state index contributed by atoms with van der Waals surface area (Å²) in [6.45, 7) is 3.08. The Hall–Kier alpha value is -3.48. The van der Waals surface area contributed by atoms with E-state index in [2.05, 4.69) is 17.6 Å². The fourth-order valence-electron chi connectivity index (χ4n) is 2.69. The van der Waals surface area contributed by atoms with Crippen molar-refractivity contribution in [2.24, 2.45) is 0 Å². The Labute approximate surface area is 175 Å². The van der Waals surface area contributed by atoms with Gasteiger partial charge in [-0.1, -0.05) is 19.8 Å². The zero-order valence-corrected chi connectivity index (χ0v) is 17.2. The van der Waals surface area contributed by atoms with Gasteiger partial charge < -0.3 is 15.4 Å². The number of benzene rings is 2. The molecule has 0 aromatic heterocycles. The van der Waals surface area contributed by atoms with Crippen LogP contribution in [-0.4, -0.2) is 30.2 Å². The molecule has 0 aliphatic rings. The van der Waals surface area contributed by atoms with Crippen molar-refractivity contribution in [2.75, 3.05) is 17.2 Å². The molecule has 30 heavy (non-hydrogen) atoms. The van der Waals surface area contributed by atoms with Crippen molar-refractivity contribution in [1.82, 2.24) is 0 Å². The van der Waals surface area contributed by atoms with Gasteiger partial charge >= 0.3 is 5.97 Å². The molecule has 0 saturated heterocycles. The van der Waals surface area contributed by atoms with E-state index in [1.165, 1.54) is 19.1 Å². The Morgan fingerprint density at radius 3 is 1.93 bits per heavy atom. The van der Waals surface area contributed by atoms with Crippen molar-refractivity contribution in [3.63, 3.8) is 0 Å². The molecular weight excluding hydrogens is 384 g/mol. The molecule has 0 heterocycles. The van der Waals surface area contributed by atoms with Crippen LogP contribution in [0.15, 0.2) is 48.5 Å². The number of hydrogen-bond donors (Lipinski definition) is 2. The molecule has 0 radical (unpaired) electrons. The summed E-state index contributed by atoms with van der Waals surface area (Å²) in [5.74, 6) is -1.24. The summed E-state index contributed by atoms with van der Waals surface area (Å²) in [5, 5.41) is 5.39. The number of carbonyl (C=O) groups is 4. The molecule has 0 saturated carbocycles. The van der Waals surface area contributed by atoms with E-state index in [0.717, 1.165) is 19.3 Å². The van der Waals surface area contributed by atoms with Gasteiger partial charge in [-0.2, -0.15) is 0 Å². The summed E-state index contributed by atoms with van der Waals surface area (Å²) in [4.78, 5) is 47.2. The van der Waals surface area contributed by atoms with Crippen molar-refractivity contribution in [2.45, 2.75) is 39.5 Å². The maximum Gasteiger partial charge on any atom is 0.338 e. The van der Waals surface area contributed by atoms with Gasteiger partial charge in [-0.05, 0) is 55.0 Å². The van der Waals surface area contributed by atoms with Gasteiger partial charge in [-0.3, -0.25) is 14.4 Å². The Bertz CT molecular complexity index is 889. The lowest BCUT2D eigenvalue weighted by molar-refractivity contribution is -0.116. The number of nitrogens with one attached hydrogen (secondary N) is 2. The van der Waals surface area contributed by atoms with E-state index in [4.69, 9.17) is 4.74 Å². The topological polar surface area (TPSA) is 102 Å². The highest BCUT2D eigenvalue weighted by atomic mass is 16.5. The fraction of sp³-hybridized carbons (Fsp3) is 0.304. The molecule has 158 valence electrons. The SMILES string of the molecule is CCCCCC(=O)Nc1ccc(C(=O)COC(=O)c2ccc(NC(C)=O)cc2)cc1. The maximum absolute atomic E-state index is 12.3. The number of ether oxygens (including phenoxy) is 1. The Kier molecular flexibility index (Phi) is 8.75. The number of esters is 1. The van der Waals surface area contributed by atoms with Gasteiger partial charge in [0.15, 0.2) is 12.4 Å². The minimum absolute atomic E-state index is 0.0547. The van der Waals surface area contributed by atoms with Gasteiger partial charge in [0.2, 0.25) is 11.8 Å². The van der Waals surface area contributed by atoms with E-state index in [-0.39, 0.29) is 23.2 Å². The molecule has 7 nitrogen and oxygen atoms in total. The first kappa shape index (κ1) is 22.8. The van der Waals surface area contributed by atoms with Crippen LogP contribution in [0.2, 0.25) is 0 Å². The van der Waals surface area contributed by atoms with Crippen LogP contribution in [0.3, 0.4) is 0 Å². The van der Waals surface area contributed by atoms with Crippen molar-refractivity contribution in [1.29, 1.82) is 0 Å². The molecule has 2 amide bonds. The van der Waals surface area contributed by atoms with E-state index < -0.39 is 12.6 Å². The number of hydrogen-bond acceptors (Lipinski definition) is 5. The van der Waals surface area contributed by atoms with Gasteiger partial charge in [0, 0.05) is 30.3 Å². The first-order valence-electron chi connectivity index (χ1n) is 9.87. The molecule has 0 unspecified atom stereocenters. The first-order valence-corrected chi connectivity index (χ1v) is 9.87. The molecular formula is C23H26N2O5. The van der Waals surface area contributed by atoms with E-state index in [1.54, 1.807) is 36.4 Å². The molecule has 0 bridgehead atoms. The average Bonchev–Trinajstić information content (AvgIpc) is 2.72. The third kappa shape index (κ3) is 7.50. The van der Waals surface area contributed by atoms with Crippen LogP contribution in [0.25, 0.3) is 0 Å². The summed E-state index contributed by atoms with van der Waals surface area (Å²) < 4.78 is 5.07. The molecule has 0 aliphatic heterocycles. The highest BCUT2D eigenvalue weighted by Crippen LogP contribution is 2.13. The van der Waals surface area contributed by atoms with Crippen molar-refractivity contribution in [3.05, 3.63) is 59.7 Å². The van der Waals surface area contributed by atoms with E-state index in [0.29, 0.717) is 23.4 Å². The summed E-state index contributed by atoms with van der Waals surface area (Å²) in [6.07, 6.45) is 3.38. The van der Waals surface area contributed by atoms with Crippen LogP contribution in [0.5, 0.6) is 0 Å². The molecule has 2 N–H and O–H groups in total. The molecule has 2 rings (SSSR count).